The summed E-state index contributed by atoms with van der Waals surface area (Å²) >= 11 is 0. The number of rotatable bonds is 9. The molecule has 1 aromatic heterocycles. The third kappa shape index (κ3) is 4.60. The first-order chi connectivity index (χ1) is 12.3. The maximum atomic E-state index is 13.3. The molecule has 0 saturated heterocycles. The van der Waals surface area contributed by atoms with Gasteiger partial charge in [-0.05, 0) is 25.0 Å². The Morgan fingerprint density at radius 1 is 1.35 bits per heavy atom. The molecule has 1 aromatic carbocycles. The molecule has 0 aliphatic heterocycles. The van der Waals surface area contributed by atoms with E-state index in [1.165, 1.54) is 22.8 Å². The molecule has 144 valence electrons. The first-order valence-corrected chi connectivity index (χ1v) is 9.69. The quantitative estimate of drug-likeness (QED) is 0.526. The van der Waals surface area contributed by atoms with Crippen molar-refractivity contribution in [2.75, 3.05) is 13.2 Å². The number of aromatic nitrogens is 2. The van der Waals surface area contributed by atoms with Crippen LogP contribution < -0.4 is 4.18 Å². The van der Waals surface area contributed by atoms with Crippen molar-refractivity contribution in [1.29, 1.82) is 0 Å². The summed E-state index contributed by atoms with van der Waals surface area (Å²) in [4.78, 5) is 4.40. The SMILES string of the molecule is CCn1c(COCCO)nc(C(C)C)c1S(=O)(=O)Oc1cccc(F)c1. The van der Waals surface area contributed by atoms with Crippen molar-refractivity contribution in [3.8, 4) is 5.75 Å². The summed E-state index contributed by atoms with van der Waals surface area (Å²) in [5.41, 5.74) is 0.353. The Morgan fingerprint density at radius 3 is 2.65 bits per heavy atom. The number of aliphatic hydroxyl groups excluding tert-OH is 1. The Labute approximate surface area is 152 Å². The molecule has 7 nitrogen and oxygen atoms in total. The third-order valence-electron chi connectivity index (χ3n) is 3.59. The summed E-state index contributed by atoms with van der Waals surface area (Å²) in [7, 11) is -4.23. The van der Waals surface area contributed by atoms with E-state index in [1.54, 1.807) is 6.92 Å². The maximum absolute atomic E-state index is 13.3. The second-order valence-corrected chi connectivity index (χ2v) is 7.35. The Balaban J connectivity index is 2.47. The fourth-order valence-corrected chi connectivity index (χ4v) is 3.97. The number of imidazole rings is 1. The van der Waals surface area contributed by atoms with Gasteiger partial charge in [-0.1, -0.05) is 19.9 Å². The zero-order valence-electron chi connectivity index (χ0n) is 15.0. The third-order valence-corrected chi connectivity index (χ3v) is 4.91. The predicted octanol–water partition coefficient (Wildman–Crippen LogP) is 2.44. The van der Waals surface area contributed by atoms with Crippen LogP contribution in [0.5, 0.6) is 5.75 Å². The fraction of sp³-hybridized carbons (Fsp3) is 0.471. The van der Waals surface area contributed by atoms with Gasteiger partial charge in [0.1, 0.15) is 24.0 Å². The number of nitrogens with zero attached hydrogens (tertiary/aromatic N) is 2. The van der Waals surface area contributed by atoms with Gasteiger partial charge in [0, 0.05) is 12.6 Å². The van der Waals surface area contributed by atoms with E-state index in [1.807, 2.05) is 13.8 Å². The topological polar surface area (TPSA) is 90.6 Å². The first-order valence-electron chi connectivity index (χ1n) is 8.28. The number of hydrogen-bond acceptors (Lipinski definition) is 6. The molecule has 0 radical (unpaired) electrons. The lowest BCUT2D eigenvalue weighted by Gasteiger charge is -2.13. The molecule has 0 atom stereocenters. The van der Waals surface area contributed by atoms with Crippen molar-refractivity contribution in [2.45, 2.75) is 44.9 Å². The minimum atomic E-state index is -4.23. The Hall–Kier alpha value is -1.97. The van der Waals surface area contributed by atoms with Gasteiger partial charge in [-0.15, -0.1) is 0 Å². The van der Waals surface area contributed by atoms with Crippen LogP contribution in [0.1, 0.15) is 38.2 Å². The van der Waals surface area contributed by atoms with Crippen LogP contribution in [-0.4, -0.2) is 36.3 Å². The Morgan fingerprint density at radius 2 is 2.08 bits per heavy atom. The van der Waals surface area contributed by atoms with Crippen LogP contribution in [0.2, 0.25) is 0 Å². The Kier molecular flexibility index (Phi) is 6.74. The molecule has 0 aliphatic rings. The van der Waals surface area contributed by atoms with Crippen LogP contribution in [0.4, 0.5) is 4.39 Å². The zero-order chi connectivity index (χ0) is 19.3. The van der Waals surface area contributed by atoms with Gasteiger partial charge in [-0.3, -0.25) is 0 Å². The van der Waals surface area contributed by atoms with Crippen molar-refractivity contribution in [2.24, 2.45) is 0 Å². The zero-order valence-corrected chi connectivity index (χ0v) is 15.8. The number of aliphatic hydroxyl groups is 1. The van der Waals surface area contributed by atoms with Crippen LogP contribution in [-0.2, 0) is 28.0 Å². The van der Waals surface area contributed by atoms with Crippen molar-refractivity contribution in [3.63, 3.8) is 0 Å². The van der Waals surface area contributed by atoms with E-state index < -0.39 is 15.9 Å². The lowest BCUT2D eigenvalue weighted by Crippen LogP contribution is -2.18. The second-order valence-electron chi connectivity index (χ2n) is 5.89. The minimum Gasteiger partial charge on any atom is -0.394 e. The van der Waals surface area contributed by atoms with Crippen LogP contribution >= 0.6 is 0 Å². The molecule has 0 unspecified atom stereocenters. The number of benzene rings is 1. The second kappa shape index (κ2) is 8.61. The summed E-state index contributed by atoms with van der Waals surface area (Å²) in [5.74, 6) is -0.461. The van der Waals surface area contributed by atoms with E-state index in [0.717, 1.165) is 6.07 Å². The van der Waals surface area contributed by atoms with Gasteiger partial charge >= 0.3 is 10.1 Å². The lowest BCUT2D eigenvalue weighted by atomic mass is 10.1. The van der Waals surface area contributed by atoms with Gasteiger partial charge in [0.2, 0.25) is 0 Å². The molecule has 0 saturated carbocycles. The molecule has 26 heavy (non-hydrogen) atoms. The Bertz CT molecular complexity index is 849. The monoisotopic (exact) mass is 386 g/mol. The van der Waals surface area contributed by atoms with Gasteiger partial charge in [0.25, 0.3) is 0 Å². The predicted molar refractivity (Wildman–Crippen MR) is 92.9 cm³/mol. The van der Waals surface area contributed by atoms with Crippen LogP contribution in [0.3, 0.4) is 0 Å². The molecule has 0 fully saturated rings. The van der Waals surface area contributed by atoms with Crippen LogP contribution in [0.25, 0.3) is 0 Å². The summed E-state index contributed by atoms with van der Waals surface area (Å²) in [6.45, 7) is 5.79. The van der Waals surface area contributed by atoms with Gasteiger partial charge in [0.05, 0.1) is 18.9 Å². The average molecular weight is 386 g/mol. The molecular formula is C17H23FN2O5S. The van der Waals surface area contributed by atoms with Crippen LogP contribution in [0.15, 0.2) is 29.3 Å². The molecule has 1 N–H and O–H groups in total. The van der Waals surface area contributed by atoms with Crippen molar-refractivity contribution >= 4 is 10.1 Å². The molecule has 0 bridgehead atoms. The number of ether oxygens (including phenoxy) is 1. The van der Waals surface area contributed by atoms with E-state index in [4.69, 9.17) is 14.0 Å². The molecule has 2 aromatic rings. The first kappa shape index (κ1) is 20.3. The van der Waals surface area contributed by atoms with E-state index in [0.29, 0.717) is 18.1 Å². The largest absolute Gasteiger partial charge is 0.394 e. The van der Waals surface area contributed by atoms with Crippen molar-refractivity contribution in [1.82, 2.24) is 9.55 Å². The average Bonchev–Trinajstić information content (AvgIpc) is 2.94. The minimum absolute atomic E-state index is 0.0591. The summed E-state index contributed by atoms with van der Waals surface area (Å²) < 4.78 is 51.0. The van der Waals surface area contributed by atoms with E-state index in [2.05, 4.69) is 4.98 Å². The van der Waals surface area contributed by atoms with Gasteiger partial charge < -0.3 is 18.6 Å². The smallest absolute Gasteiger partial charge is 0.357 e. The van der Waals surface area contributed by atoms with Crippen molar-refractivity contribution < 1.29 is 26.8 Å². The van der Waals surface area contributed by atoms with Gasteiger partial charge in [-0.2, -0.15) is 8.42 Å². The summed E-state index contributed by atoms with van der Waals surface area (Å²) in [6.07, 6.45) is 0. The van der Waals surface area contributed by atoms with Crippen molar-refractivity contribution in [3.05, 3.63) is 41.6 Å². The molecule has 0 spiro atoms. The normalized spacial score (nSPS) is 11.9. The highest BCUT2D eigenvalue weighted by molar-refractivity contribution is 7.87. The highest BCUT2D eigenvalue weighted by Crippen LogP contribution is 2.28. The van der Waals surface area contributed by atoms with E-state index in [9.17, 15) is 12.8 Å². The summed E-state index contributed by atoms with van der Waals surface area (Å²) in [6, 6.07) is 4.94. The number of hydrogen-bond donors (Lipinski definition) is 1. The summed E-state index contributed by atoms with van der Waals surface area (Å²) in [5, 5.41) is 8.77. The van der Waals surface area contributed by atoms with Gasteiger partial charge in [-0.25, -0.2) is 9.37 Å². The molecule has 0 amide bonds. The fourth-order valence-electron chi connectivity index (χ4n) is 2.49. The molecular weight excluding hydrogens is 363 g/mol. The molecule has 9 heteroatoms. The maximum Gasteiger partial charge on any atom is 0.357 e. The molecule has 1 heterocycles. The van der Waals surface area contributed by atoms with E-state index >= 15 is 0 Å². The molecule has 2 rings (SSSR count). The van der Waals surface area contributed by atoms with E-state index in [-0.39, 0.29) is 36.5 Å². The molecule has 0 aliphatic carbocycles. The highest BCUT2D eigenvalue weighted by Gasteiger charge is 2.31. The lowest BCUT2D eigenvalue weighted by molar-refractivity contribution is 0.0757. The standard InChI is InChI=1S/C17H23FN2O5S/c1-4-20-15(11-24-9-8-21)19-16(12(2)3)17(20)26(22,23)25-14-7-5-6-13(18)10-14/h5-7,10,12,21H,4,8-9,11H2,1-3H3. The highest BCUT2D eigenvalue weighted by atomic mass is 32.2. The van der Waals surface area contributed by atoms with Crippen LogP contribution in [0, 0.1) is 5.82 Å². The number of halogens is 1. The van der Waals surface area contributed by atoms with Gasteiger partial charge in [0.15, 0.2) is 5.03 Å².